The SMILES string of the molecule is CC(C)Cc1nc(C2CCOCC2)sc1CN. The van der Waals surface area contributed by atoms with Crippen LogP contribution in [0, 0.1) is 5.92 Å². The van der Waals surface area contributed by atoms with Crippen LogP contribution in [0.2, 0.25) is 0 Å². The Balaban J connectivity index is 2.14. The highest BCUT2D eigenvalue weighted by molar-refractivity contribution is 7.11. The topological polar surface area (TPSA) is 48.1 Å². The van der Waals surface area contributed by atoms with Gasteiger partial charge in [-0.1, -0.05) is 13.8 Å². The zero-order chi connectivity index (χ0) is 12.3. The van der Waals surface area contributed by atoms with Gasteiger partial charge < -0.3 is 10.5 Å². The Labute approximate surface area is 107 Å². The van der Waals surface area contributed by atoms with Crippen LogP contribution in [0.1, 0.15) is 48.2 Å². The number of nitrogens with two attached hydrogens (primary N) is 1. The summed E-state index contributed by atoms with van der Waals surface area (Å²) < 4.78 is 5.40. The summed E-state index contributed by atoms with van der Waals surface area (Å²) in [4.78, 5) is 6.11. The molecule has 0 saturated carbocycles. The van der Waals surface area contributed by atoms with Crippen molar-refractivity contribution in [1.82, 2.24) is 4.98 Å². The third-order valence-corrected chi connectivity index (χ3v) is 4.43. The number of nitrogens with zero attached hydrogens (tertiary/aromatic N) is 1. The van der Waals surface area contributed by atoms with E-state index in [4.69, 9.17) is 15.5 Å². The molecule has 2 N–H and O–H groups in total. The van der Waals surface area contributed by atoms with Crippen molar-refractivity contribution in [2.24, 2.45) is 11.7 Å². The summed E-state index contributed by atoms with van der Waals surface area (Å²) in [6, 6.07) is 0. The maximum atomic E-state index is 5.81. The summed E-state index contributed by atoms with van der Waals surface area (Å²) in [5, 5.41) is 1.28. The summed E-state index contributed by atoms with van der Waals surface area (Å²) in [6.07, 6.45) is 3.27. The molecule has 0 atom stereocenters. The van der Waals surface area contributed by atoms with Gasteiger partial charge in [-0.25, -0.2) is 4.98 Å². The van der Waals surface area contributed by atoms with Crippen LogP contribution in [0.5, 0.6) is 0 Å². The van der Waals surface area contributed by atoms with E-state index in [0.717, 1.165) is 32.5 Å². The Hall–Kier alpha value is -0.450. The predicted octanol–water partition coefficient (Wildman–Crippen LogP) is 2.69. The molecule has 0 unspecified atom stereocenters. The molecule has 0 spiro atoms. The summed E-state index contributed by atoms with van der Waals surface area (Å²) in [7, 11) is 0. The van der Waals surface area contributed by atoms with E-state index >= 15 is 0 Å². The van der Waals surface area contributed by atoms with Gasteiger partial charge in [0.05, 0.1) is 10.7 Å². The van der Waals surface area contributed by atoms with Crippen LogP contribution in [0.15, 0.2) is 0 Å². The van der Waals surface area contributed by atoms with Crippen LogP contribution in [0.25, 0.3) is 0 Å². The molecule has 0 bridgehead atoms. The average Bonchev–Trinajstić information content (AvgIpc) is 2.72. The molecular weight excluding hydrogens is 232 g/mol. The Morgan fingerprint density at radius 2 is 2.12 bits per heavy atom. The highest BCUT2D eigenvalue weighted by Crippen LogP contribution is 2.32. The van der Waals surface area contributed by atoms with Crippen molar-refractivity contribution in [2.75, 3.05) is 13.2 Å². The first-order valence-corrected chi connectivity index (χ1v) is 7.28. The quantitative estimate of drug-likeness (QED) is 0.898. The van der Waals surface area contributed by atoms with Crippen LogP contribution in [0.4, 0.5) is 0 Å². The van der Waals surface area contributed by atoms with Crippen LogP contribution >= 0.6 is 11.3 Å². The summed E-state index contributed by atoms with van der Waals surface area (Å²) in [5.74, 6) is 1.24. The zero-order valence-electron chi connectivity index (χ0n) is 10.7. The van der Waals surface area contributed by atoms with Crippen molar-refractivity contribution < 1.29 is 4.74 Å². The minimum absolute atomic E-state index is 0.597. The first kappa shape index (κ1) is 13.0. The van der Waals surface area contributed by atoms with Crippen LogP contribution < -0.4 is 5.73 Å². The Morgan fingerprint density at radius 3 is 2.71 bits per heavy atom. The molecular formula is C13H22N2OS. The third kappa shape index (κ3) is 3.27. The molecule has 0 aliphatic carbocycles. The smallest absolute Gasteiger partial charge is 0.0964 e. The maximum absolute atomic E-state index is 5.81. The van der Waals surface area contributed by atoms with Crippen molar-refractivity contribution in [2.45, 2.75) is 45.6 Å². The standard InChI is InChI=1S/C13H22N2OS/c1-9(2)7-11-12(8-14)17-13(15-11)10-3-5-16-6-4-10/h9-10H,3-8,14H2,1-2H3. The monoisotopic (exact) mass is 254 g/mol. The Morgan fingerprint density at radius 1 is 1.41 bits per heavy atom. The Bertz CT molecular complexity index is 356. The molecule has 1 aromatic heterocycles. The highest BCUT2D eigenvalue weighted by Gasteiger charge is 2.21. The first-order valence-electron chi connectivity index (χ1n) is 6.47. The Kier molecular flexibility index (Phi) is 4.54. The molecule has 4 heteroatoms. The van der Waals surface area contributed by atoms with E-state index in [9.17, 15) is 0 Å². The second-order valence-electron chi connectivity index (χ2n) is 5.11. The van der Waals surface area contributed by atoms with Crippen LogP contribution in [-0.2, 0) is 17.7 Å². The molecule has 1 aliphatic heterocycles. The van der Waals surface area contributed by atoms with Crippen LogP contribution in [0.3, 0.4) is 0 Å². The number of aromatic nitrogens is 1. The normalized spacial score (nSPS) is 17.9. The van der Waals surface area contributed by atoms with E-state index in [1.54, 1.807) is 0 Å². The summed E-state index contributed by atoms with van der Waals surface area (Å²) in [5.41, 5.74) is 7.05. The highest BCUT2D eigenvalue weighted by atomic mass is 32.1. The minimum Gasteiger partial charge on any atom is -0.381 e. The fourth-order valence-corrected chi connectivity index (χ4v) is 3.37. The van der Waals surface area contributed by atoms with Gasteiger partial charge >= 0.3 is 0 Å². The number of ether oxygens (including phenoxy) is 1. The van der Waals surface area contributed by atoms with Gasteiger partial charge in [0.15, 0.2) is 0 Å². The van der Waals surface area contributed by atoms with E-state index in [1.165, 1.54) is 15.6 Å². The van der Waals surface area contributed by atoms with E-state index in [1.807, 2.05) is 11.3 Å². The molecule has 0 amide bonds. The second kappa shape index (κ2) is 5.94. The number of rotatable bonds is 4. The van der Waals surface area contributed by atoms with E-state index in [2.05, 4.69) is 13.8 Å². The lowest BCUT2D eigenvalue weighted by atomic mass is 10.0. The van der Waals surface area contributed by atoms with E-state index in [0.29, 0.717) is 18.4 Å². The van der Waals surface area contributed by atoms with Crippen molar-refractivity contribution >= 4 is 11.3 Å². The molecule has 0 aromatic carbocycles. The predicted molar refractivity (Wildman–Crippen MR) is 71.3 cm³/mol. The zero-order valence-corrected chi connectivity index (χ0v) is 11.6. The molecule has 1 aromatic rings. The van der Waals surface area contributed by atoms with E-state index in [-0.39, 0.29) is 0 Å². The van der Waals surface area contributed by atoms with Crippen molar-refractivity contribution in [3.8, 4) is 0 Å². The van der Waals surface area contributed by atoms with Crippen LogP contribution in [-0.4, -0.2) is 18.2 Å². The molecule has 1 saturated heterocycles. The minimum atomic E-state index is 0.597. The molecule has 3 nitrogen and oxygen atoms in total. The van der Waals surface area contributed by atoms with Crippen molar-refractivity contribution in [3.05, 3.63) is 15.6 Å². The maximum Gasteiger partial charge on any atom is 0.0964 e. The van der Waals surface area contributed by atoms with Gasteiger partial charge in [0.2, 0.25) is 0 Å². The first-order chi connectivity index (χ1) is 8.20. The average molecular weight is 254 g/mol. The van der Waals surface area contributed by atoms with Gasteiger partial charge in [-0.05, 0) is 25.2 Å². The number of hydrogen-bond donors (Lipinski definition) is 1. The summed E-state index contributed by atoms with van der Waals surface area (Å²) in [6.45, 7) is 6.84. The van der Waals surface area contributed by atoms with Gasteiger partial charge in [0.1, 0.15) is 0 Å². The van der Waals surface area contributed by atoms with Gasteiger partial charge in [-0.3, -0.25) is 0 Å². The van der Waals surface area contributed by atoms with Gasteiger partial charge in [-0.15, -0.1) is 11.3 Å². The number of thiazole rings is 1. The molecule has 96 valence electrons. The molecule has 1 aliphatic rings. The lowest BCUT2D eigenvalue weighted by Crippen LogP contribution is -2.14. The molecule has 17 heavy (non-hydrogen) atoms. The lowest BCUT2D eigenvalue weighted by Gasteiger charge is -2.19. The van der Waals surface area contributed by atoms with Crippen molar-refractivity contribution in [1.29, 1.82) is 0 Å². The molecule has 2 rings (SSSR count). The second-order valence-corrected chi connectivity index (χ2v) is 6.23. The lowest BCUT2D eigenvalue weighted by molar-refractivity contribution is 0.0852. The largest absolute Gasteiger partial charge is 0.381 e. The molecule has 0 radical (unpaired) electrons. The van der Waals surface area contributed by atoms with Gasteiger partial charge in [0.25, 0.3) is 0 Å². The van der Waals surface area contributed by atoms with Crippen molar-refractivity contribution in [3.63, 3.8) is 0 Å². The van der Waals surface area contributed by atoms with Gasteiger partial charge in [0, 0.05) is 30.6 Å². The van der Waals surface area contributed by atoms with Gasteiger partial charge in [-0.2, -0.15) is 0 Å². The third-order valence-electron chi connectivity index (χ3n) is 3.15. The van der Waals surface area contributed by atoms with E-state index < -0.39 is 0 Å². The molecule has 1 fully saturated rings. The summed E-state index contributed by atoms with van der Waals surface area (Å²) >= 11 is 1.82. The fourth-order valence-electron chi connectivity index (χ4n) is 2.23. The molecule has 2 heterocycles. The number of hydrogen-bond acceptors (Lipinski definition) is 4. The fraction of sp³-hybridized carbons (Fsp3) is 0.769.